The molecule has 2 aromatic carbocycles. The smallest absolute Gasteiger partial charge is 0.266 e. The van der Waals surface area contributed by atoms with Crippen molar-refractivity contribution in [3.8, 4) is 22.6 Å². The number of sulfone groups is 1. The zero-order chi connectivity index (χ0) is 25.8. The molecule has 3 heterocycles. The highest BCUT2D eigenvalue weighted by atomic mass is 32.2. The van der Waals surface area contributed by atoms with E-state index in [1.54, 1.807) is 72.5 Å². The molecule has 3 aromatic heterocycles. The number of aryl methyl sites for hydroxylation is 3. The van der Waals surface area contributed by atoms with E-state index in [0.29, 0.717) is 33.5 Å². The van der Waals surface area contributed by atoms with Crippen molar-refractivity contribution in [1.82, 2.24) is 23.7 Å². The van der Waals surface area contributed by atoms with Crippen LogP contribution in [0.2, 0.25) is 0 Å². The summed E-state index contributed by atoms with van der Waals surface area (Å²) in [5, 5.41) is 4.53. The van der Waals surface area contributed by atoms with E-state index in [0.717, 1.165) is 17.4 Å². The van der Waals surface area contributed by atoms with Crippen LogP contribution in [-0.2, 0) is 26.9 Å². The minimum atomic E-state index is -3.85. The second-order valence-electron chi connectivity index (χ2n) is 8.66. The third kappa shape index (κ3) is 3.99. The summed E-state index contributed by atoms with van der Waals surface area (Å²) in [4.78, 5) is 8.82. The molecule has 0 aliphatic carbocycles. The SMILES string of the molecule is Cc1ccc(S(=O)(=O)n2ccc3c(-c4cc(-c5c(C)cnn5C)nc(S(C)(=O)=O)n4)cccc32)cc1. The summed E-state index contributed by atoms with van der Waals surface area (Å²) >= 11 is 0. The van der Waals surface area contributed by atoms with E-state index in [2.05, 4.69) is 15.1 Å². The minimum absolute atomic E-state index is 0.173. The highest BCUT2D eigenvalue weighted by molar-refractivity contribution is 7.90. The van der Waals surface area contributed by atoms with Gasteiger partial charge in [-0.25, -0.2) is 30.8 Å². The average Bonchev–Trinajstić information content (AvgIpc) is 3.41. The van der Waals surface area contributed by atoms with Crippen LogP contribution in [0.4, 0.5) is 0 Å². The van der Waals surface area contributed by atoms with E-state index in [1.165, 1.54) is 10.2 Å². The Morgan fingerprint density at radius 1 is 0.861 bits per heavy atom. The van der Waals surface area contributed by atoms with Crippen molar-refractivity contribution >= 4 is 30.8 Å². The first-order valence-corrected chi connectivity index (χ1v) is 14.3. The molecule has 0 radical (unpaired) electrons. The molecule has 11 heteroatoms. The molecule has 184 valence electrons. The number of fused-ring (bicyclic) bond motifs is 1. The standard InChI is InChI=1S/C25H23N5O4S2/c1-16-8-10-18(11-9-16)36(33,34)30-13-12-20-19(6-5-7-23(20)30)21-14-22(24-17(2)15-26-29(24)3)28-25(27-21)35(4,31)32/h5-15H,1-4H3. The van der Waals surface area contributed by atoms with Crippen LogP contribution >= 0.6 is 0 Å². The lowest BCUT2D eigenvalue weighted by molar-refractivity contribution is 0.588. The predicted molar refractivity (Wildman–Crippen MR) is 137 cm³/mol. The van der Waals surface area contributed by atoms with Gasteiger partial charge in [0.15, 0.2) is 0 Å². The molecule has 0 spiro atoms. The Morgan fingerprint density at radius 2 is 1.56 bits per heavy atom. The van der Waals surface area contributed by atoms with Gasteiger partial charge in [-0.05, 0) is 49.7 Å². The van der Waals surface area contributed by atoms with Crippen molar-refractivity contribution in [2.24, 2.45) is 7.05 Å². The molecule has 0 saturated heterocycles. The molecule has 0 fully saturated rings. The van der Waals surface area contributed by atoms with Gasteiger partial charge in [-0.1, -0.05) is 29.8 Å². The van der Waals surface area contributed by atoms with Crippen molar-refractivity contribution in [2.75, 3.05) is 6.26 Å². The molecule has 0 amide bonds. The molecule has 36 heavy (non-hydrogen) atoms. The van der Waals surface area contributed by atoms with Crippen LogP contribution in [0.15, 0.2) is 77.0 Å². The van der Waals surface area contributed by atoms with Gasteiger partial charge >= 0.3 is 0 Å². The zero-order valence-electron chi connectivity index (χ0n) is 20.0. The van der Waals surface area contributed by atoms with Crippen LogP contribution in [-0.4, -0.2) is 46.8 Å². The van der Waals surface area contributed by atoms with Gasteiger partial charge in [0.2, 0.25) is 15.0 Å². The van der Waals surface area contributed by atoms with Gasteiger partial charge in [0.25, 0.3) is 10.0 Å². The van der Waals surface area contributed by atoms with Crippen molar-refractivity contribution in [2.45, 2.75) is 23.9 Å². The molecule has 0 bridgehead atoms. The van der Waals surface area contributed by atoms with Crippen LogP contribution in [0.25, 0.3) is 33.5 Å². The number of nitrogens with zero attached hydrogens (tertiary/aromatic N) is 5. The van der Waals surface area contributed by atoms with Crippen LogP contribution in [0.3, 0.4) is 0 Å². The molecular formula is C25H23N5O4S2. The number of aromatic nitrogens is 5. The van der Waals surface area contributed by atoms with Gasteiger partial charge in [0.05, 0.1) is 33.7 Å². The first-order chi connectivity index (χ1) is 17.0. The van der Waals surface area contributed by atoms with Gasteiger partial charge in [0.1, 0.15) is 0 Å². The van der Waals surface area contributed by atoms with Crippen molar-refractivity contribution in [3.05, 3.63) is 78.1 Å². The molecule has 0 N–H and O–H groups in total. The maximum atomic E-state index is 13.4. The van der Waals surface area contributed by atoms with Gasteiger partial charge in [-0.3, -0.25) is 4.68 Å². The normalized spacial score (nSPS) is 12.3. The molecule has 0 unspecified atom stereocenters. The largest absolute Gasteiger partial charge is 0.268 e. The predicted octanol–water partition coefficient (Wildman–Crippen LogP) is 3.76. The van der Waals surface area contributed by atoms with Crippen LogP contribution in [0, 0.1) is 13.8 Å². The highest BCUT2D eigenvalue weighted by Gasteiger charge is 2.22. The summed E-state index contributed by atoms with van der Waals surface area (Å²) in [7, 11) is -5.83. The molecule has 0 aliphatic rings. The van der Waals surface area contributed by atoms with E-state index in [-0.39, 0.29) is 10.1 Å². The van der Waals surface area contributed by atoms with E-state index in [9.17, 15) is 16.8 Å². The highest BCUT2D eigenvalue weighted by Crippen LogP contribution is 2.33. The van der Waals surface area contributed by atoms with Gasteiger partial charge in [-0.2, -0.15) is 5.10 Å². The Kier molecular flexibility index (Phi) is 5.56. The van der Waals surface area contributed by atoms with E-state index in [4.69, 9.17) is 0 Å². The minimum Gasteiger partial charge on any atom is -0.266 e. The fraction of sp³-hybridized carbons (Fsp3) is 0.160. The lowest BCUT2D eigenvalue weighted by Crippen LogP contribution is -2.11. The molecule has 9 nitrogen and oxygen atoms in total. The topological polar surface area (TPSA) is 117 Å². The van der Waals surface area contributed by atoms with Crippen molar-refractivity contribution < 1.29 is 16.8 Å². The van der Waals surface area contributed by atoms with Crippen molar-refractivity contribution in [1.29, 1.82) is 0 Å². The quantitative estimate of drug-likeness (QED) is 0.323. The van der Waals surface area contributed by atoms with Crippen LogP contribution in [0.5, 0.6) is 0 Å². The second-order valence-corrected chi connectivity index (χ2v) is 12.4. The number of hydrogen-bond acceptors (Lipinski definition) is 7. The average molecular weight is 522 g/mol. The summed E-state index contributed by atoms with van der Waals surface area (Å²) in [5.41, 5.74) is 4.24. The Balaban J connectivity index is 1.74. The molecule has 0 saturated carbocycles. The first kappa shape index (κ1) is 23.9. The Hall–Kier alpha value is -3.83. The summed E-state index contributed by atoms with van der Waals surface area (Å²) in [6.07, 6.45) is 4.22. The summed E-state index contributed by atoms with van der Waals surface area (Å²) in [6, 6.07) is 15.2. The first-order valence-electron chi connectivity index (χ1n) is 11.0. The van der Waals surface area contributed by atoms with Crippen LogP contribution < -0.4 is 0 Å². The monoisotopic (exact) mass is 521 g/mol. The van der Waals surface area contributed by atoms with E-state index in [1.807, 2.05) is 13.8 Å². The molecule has 0 aliphatic heterocycles. The zero-order valence-corrected chi connectivity index (χ0v) is 21.7. The third-order valence-corrected chi connectivity index (χ3v) is 8.50. The third-order valence-electron chi connectivity index (χ3n) is 5.95. The maximum Gasteiger partial charge on any atom is 0.268 e. The number of hydrogen-bond donors (Lipinski definition) is 0. The van der Waals surface area contributed by atoms with Gasteiger partial charge in [0, 0.05) is 30.4 Å². The Bertz CT molecular complexity index is 1830. The Morgan fingerprint density at radius 3 is 2.19 bits per heavy atom. The second kappa shape index (κ2) is 8.38. The summed E-state index contributed by atoms with van der Waals surface area (Å²) in [5.74, 6) is 0. The summed E-state index contributed by atoms with van der Waals surface area (Å²) < 4.78 is 54.5. The van der Waals surface area contributed by atoms with E-state index < -0.39 is 19.9 Å². The lowest BCUT2D eigenvalue weighted by atomic mass is 10.1. The Labute approximate surface area is 209 Å². The lowest BCUT2D eigenvalue weighted by Gasteiger charge is -2.11. The fourth-order valence-electron chi connectivity index (χ4n) is 4.16. The maximum absolute atomic E-state index is 13.4. The molecule has 0 atom stereocenters. The van der Waals surface area contributed by atoms with Crippen LogP contribution in [0.1, 0.15) is 11.1 Å². The number of rotatable bonds is 5. The summed E-state index contributed by atoms with van der Waals surface area (Å²) in [6.45, 7) is 3.75. The van der Waals surface area contributed by atoms with Crippen molar-refractivity contribution in [3.63, 3.8) is 0 Å². The fourth-order valence-corrected chi connectivity index (χ4v) is 6.04. The van der Waals surface area contributed by atoms with Gasteiger partial charge in [-0.15, -0.1) is 0 Å². The molecule has 5 rings (SSSR count). The molecule has 5 aromatic rings. The number of benzene rings is 2. The van der Waals surface area contributed by atoms with Gasteiger partial charge < -0.3 is 0 Å². The van der Waals surface area contributed by atoms with E-state index >= 15 is 0 Å². The molecular weight excluding hydrogens is 498 g/mol.